The van der Waals surface area contributed by atoms with Gasteiger partial charge in [0.2, 0.25) is 0 Å². The van der Waals surface area contributed by atoms with Crippen molar-refractivity contribution in [2.45, 2.75) is 20.3 Å². The van der Waals surface area contributed by atoms with E-state index in [0.717, 1.165) is 5.56 Å². The monoisotopic (exact) mass is 387 g/mol. The highest BCUT2D eigenvalue weighted by Crippen LogP contribution is 2.29. The number of aromatic nitrogens is 1. The number of aliphatic hydroxyl groups is 1. The van der Waals surface area contributed by atoms with E-state index < -0.39 is 11.7 Å². The molecule has 0 unspecified atom stereocenters. The summed E-state index contributed by atoms with van der Waals surface area (Å²) >= 11 is 0. The van der Waals surface area contributed by atoms with Gasteiger partial charge in [-0.3, -0.25) is 14.2 Å². The molecule has 0 saturated carbocycles. The number of pyridine rings is 1. The molecular weight excluding hydrogens is 365 g/mol. The number of nitrogens with zero attached hydrogens (tertiary/aromatic N) is 1. The second-order valence-corrected chi connectivity index (χ2v) is 6.65. The summed E-state index contributed by atoms with van der Waals surface area (Å²) in [5.41, 5.74) is 1.36. The fourth-order valence-corrected chi connectivity index (χ4v) is 3.01. The van der Waals surface area contributed by atoms with E-state index in [9.17, 15) is 14.0 Å². The van der Waals surface area contributed by atoms with Crippen molar-refractivity contribution in [3.63, 3.8) is 0 Å². The van der Waals surface area contributed by atoms with Crippen LogP contribution < -0.4 is 16.2 Å². The first-order valence-corrected chi connectivity index (χ1v) is 8.88. The molecule has 3 aromatic rings. The summed E-state index contributed by atoms with van der Waals surface area (Å²) in [6.07, 6.45) is 1.79. The normalized spacial score (nSPS) is 11.0. The molecule has 8 heteroatoms. The smallest absolute Gasteiger partial charge is 0.263 e. The molecule has 0 aliphatic heterocycles. The minimum atomic E-state index is -0.505. The number of aryl methyl sites for hydroxylation is 2. The van der Waals surface area contributed by atoms with Gasteiger partial charge < -0.3 is 20.2 Å². The van der Waals surface area contributed by atoms with E-state index in [-0.39, 0.29) is 41.4 Å². The zero-order valence-corrected chi connectivity index (χ0v) is 15.9. The lowest BCUT2D eigenvalue weighted by Gasteiger charge is -2.17. The summed E-state index contributed by atoms with van der Waals surface area (Å²) in [6.45, 7) is 3.66. The van der Waals surface area contributed by atoms with Crippen LogP contribution in [0.3, 0.4) is 0 Å². The Morgan fingerprint density at radius 1 is 1.32 bits per heavy atom. The average molecular weight is 387 g/mol. The van der Waals surface area contributed by atoms with Crippen LogP contribution in [0.2, 0.25) is 0 Å². The number of benzene rings is 1. The van der Waals surface area contributed by atoms with Crippen molar-refractivity contribution < 1.29 is 18.7 Å². The third-order valence-corrected chi connectivity index (χ3v) is 4.52. The van der Waals surface area contributed by atoms with Crippen molar-refractivity contribution in [1.29, 1.82) is 0 Å². The summed E-state index contributed by atoms with van der Waals surface area (Å²) in [7, 11) is 1.51. The van der Waals surface area contributed by atoms with Crippen LogP contribution >= 0.6 is 0 Å². The first-order valence-electron chi connectivity index (χ1n) is 8.88. The first kappa shape index (κ1) is 19.6. The topological polar surface area (TPSA) is 96.5 Å². The number of rotatable bonds is 6. The molecule has 0 saturated heterocycles. The third-order valence-electron chi connectivity index (χ3n) is 4.52. The molecule has 28 heavy (non-hydrogen) atoms. The lowest BCUT2D eigenvalue weighted by atomic mass is 10.1. The van der Waals surface area contributed by atoms with Crippen LogP contribution in [-0.2, 0) is 7.05 Å². The zero-order valence-electron chi connectivity index (χ0n) is 15.9. The van der Waals surface area contributed by atoms with Gasteiger partial charge in [-0.25, -0.2) is 4.39 Å². The molecule has 0 spiro atoms. The number of furan rings is 1. The van der Waals surface area contributed by atoms with Crippen LogP contribution in [0.25, 0.3) is 11.0 Å². The Kier molecular flexibility index (Phi) is 5.51. The Hall–Kier alpha value is -3.13. The van der Waals surface area contributed by atoms with E-state index >= 15 is 0 Å². The number of hydrogen-bond acceptors (Lipinski definition) is 5. The summed E-state index contributed by atoms with van der Waals surface area (Å²) in [6, 6.07) is 4.62. The van der Waals surface area contributed by atoms with Crippen molar-refractivity contribution in [1.82, 2.24) is 9.88 Å². The molecule has 0 bridgehead atoms. The van der Waals surface area contributed by atoms with Gasteiger partial charge >= 0.3 is 0 Å². The van der Waals surface area contributed by atoms with Crippen molar-refractivity contribution in [3.05, 3.63) is 57.3 Å². The number of anilines is 2. The van der Waals surface area contributed by atoms with E-state index in [1.165, 1.54) is 23.9 Å². The van der Waals surface area contributed by atoms with Crippen molar-refractivity contribution in [2.24, 2.45) is 7.05 Å². The van der Waals surface area contributed by atoms with Gasteiger partial charge in [0.05, 0.1) is 17.3 Å². The number of carbonyl (C=O) groups is 1. The minimum absolute atomic E-state index is 0.0670. The zero-order chi connectivity index (χ0) is 20.4. The van der Waals surface area contributed by atoms with Crippen molar-refractivity contribution >= 4 is 28.4 Å². The van der Waals surface area contributed by atoms with E-state index in [1.807, 2.05) is 0 Å². The number of aliphatic hydroxyl groups excluding tert-OH is 1. The lowest BCUT2D eigenvalue weighted by Crippen LogP contribution is -2.30. The molecule has 0 radical (unpaired) electrons. The second-order valence-electron chi connectivity index (χ2n) is 6.65. The van der Waals surface area contributed by atoms with Crippen LogP contribution in [-0.4, -0.2) is 28.7 Å². The predicted octanol–water partition coefficient (Wildman–Crippen LogP) is 2.74. The Labute approximate surface area is 160 Å². The fraction of sp³-hybridized carbons (Fsp3) is 0.300. The molecule has 1 amide bonds. The highest BCUT2D eigenvalue weighted by Gasteiger charge is 2.25. The van der Waals surface area contributed by atoms with E-state index in [1.54, 1.807) is 26.0 Å². The fourth-order valence-electron chi connectivity index (χ4n) is 3.01. The highest BCUT2D eigenvalue weighted by atomic mass is 19.1. The highest BCUT2D eigenvalue weighted by molar-refractivity contribution is 6.09. The Morgan fingerprint density at radius 2 is 2.07 bits per heavy atom. The van der Waals surface area contributed by atoms with E-state index in [2.05, 4.69) is 10.6 Å². The molecule has 2 heterocycles. The van der Waals surface area contributed by atoms with Gasteiger partial charge in [-0.1, -0.05) is 6.07 Å². The molecule has 2 aromatic heterocycles. The maximum Gasteiger partial charge on any atom is 0.263 e. The average Bonchev–Trinajstić information content (AvgIpc) is 3.03. The molecule has 0 atom stereocenters. The molecule has 148 valence electrons. The van der Waals surface area contributed by atoms with Gasteiger partial charge in [0.25, 0.3) is 11.5 Å². The Balaban J connectivity index is 2.19. The molecule has 0 fully saturated rings. The number of nitrogens with one attached hydrogen (secondary N) is 2. The number of fused-ring (bicyclic) bond motifs is 1. The van der Waals surface area contributed by atoms with E-state index in [0.29, 0.717) is 17.4 Å². The van der Waals surface area contributed by atoms with Crippen LogP contribution in [0, 0.1) is 19.7 Å². The number of halogens is 1. The van der Waals surface area contributed by atoms with Crippen LogP contribution in [0.1, 0.15) is 27.9 Å². The van der Waals surface area contributed by atoms with Crippen LogP contribution in [0.5, 0.6) is 0 Å². The Morgan fingerprint density at radius 3 is 2.75 bits per heavy atom. The molecule has 1 aromatic carbocycles. The molecule has 0 aliphatic rings. The van der Waals surface area contributed by atoms with Crippen molar-refractivity contribution in [3.8, 4) is 0 Å². The summed E-state index contributed by atoms with van der Waals surface area (Å²) in [5.74, 6) is -0.871. The number of amides is 1. The Bertz CT molecular complexity index is 1100. The van der Waals surface area contributed by atoms with Crippen molar-refractivity contribution in [2.75, 3.05) is 18.5 Å². The van der Waals surface area contributed by atoms with Gasteiger partial charge in [-0.05, 0) is 38.0 Å². The molecule has 3 rings (SSSR count). The van der Waals surface area contributed by atoms with Gasteiger partial charge in [-0.2, -0.15) is 0 Å². The third kappa shape index (κ3) is 3.50. The predicted molar refractivity (Wildman–Crippen MR) is 105 cm³/mol. The summed E-state index contributed by atoms with van der Waals surface area (Å²) < 4.78 is 21.1. The quantitative estimate of drug-likeness (QED) is 0.565. The van der Waals surface area contributed by atoms with Gasteiger partial charge in [0.1, 0.15) is 17.2 Å². The first-order chi connectivity index (χ1) is 13.3. The molecule has 3 N–H and O–H groups in total. The van der Waals surface area contributed by atoms with Gasteiger partial charge in [0, 0.05) is 25.8 Å². The maximum absolute atomic E-state index is 14.4. The second kappa shape index (κ2) is 7.85. The maximum atomic E-state index is 14.4. The SMILES string of the molecule is Cc1ccc(Nc2c(C(=O)NCCCO)c3occ(C)c3c(=O)n2C)c(F)c1. The number of carbonyl (C=O) groups excluding carboxylic acids is 1. The number of hydrogen-bond donors (Lipinski definition) is 3. The van der Waals surface area contributed by atoms with Gasteiger partial charge in [-0.15, -0.1) is 0 Å². The van der Waals surface area contributed by atoms with E-state index in [4.69, 9.17) is 9.52 Å². The minimum Gasteiger partial charge on any atom is -0.463 e. The largest absolute Gasteiger partial charge is 0.463 e. The summed E-state index contributed by atoms with van der Waals surface area (Å²) in [5, 5.41) is 14.8. The summed E-state index contributed by atoms with van der Waals surface area (Å²) in [4.78, 5) is 25.7. The standard InChI is InChI=1S/C20H22FN3O4/c1-11-5-6-14(13(21)9-11)23-18-16(19(26)22-7-4-8-25)17-15(12(2)10-28-17)20(27)24(18)3/h5-6,9-10,23,25H,4,7-8H2,1-3H3,(H,22,26). The van der Waals surface area contributed by atoms with Crippen LogP contribution in [0.15, 0.2) is 33.7 Å². The molecular formula is C20H22FN3O4. The molecule has 0 aliphatic carbocycles. The van der Waals surface area contributed by atoms with Gasteiger partial charge in [0.15, 0.2) is 5.58 Å². The van der Waals surface area contributed by atoms with Crippen LogP contribution in [0.4, 0.5) is 15.9 Å². The molecule has 7 nitrogen and oxygen atoms in total. The lowest BCUT2D eigenvalue weighted by molar-refractivity contribution is 0.0952.